The van der Waals surface area contributed by atoms with Crippen LogP contribution in [0.2, 0.25) is 0 Å². The summed E-state index contributed by atoms with van der Waals surface area (Å²) in [6, 6.07) is 14.1. The number of nitrogens with zero attached hydrogens (tertiary/aromatic N) is 2. The zero-order valence-electron chi connectivity index (χ0n) is 17.0. The van der Waals surface area contributed by atoms with Crippen molar-refractivity contribution in [1.29, 1.82) is 0 Å². The van der Waals surface area contributed by atoms with Crippen molar-refractivity contribution in [1.82, 2.24) is 4.90 Å². The molecule has 156 valence electrons. The van der Waals surface area contributed by atoms with Gasteiger partial charge in [-0.15, -0.1) is 0 Å². The number of fused-ring (bicyclic) bond motifs is 1. The minimum absolute atomic E-state index is 0.0308. The molecule has 1 amide bonds. The van der Waals surface area contributed by atoms with Crippen molar-refractivity contribution in [3.8, 4) is 5.75 Å². The Morgan fingerprint density at radius 3 is 2.55 bits per heavy atom. The van der Waals surface area contributed by atoms with E-state index in [1.807, 2.05) is 30.1 Å². The van der Waals surface area contributed by atoms with Crippen LogP contribution in [0, 0.1) is 0 Å². The van der Waals surface area contributed by atoms with Crippen LogP contribution in [0.25, 0.3) is 0 Å². The van der Waals surface area contributed by atoms with E-state index in [4.69, 9.17) is 4.74 Å². The molecule has 0 bridgehead atoms. The predicted octanol–water partition coefficient (Wildman–Crippen LogP) is 2.25. The van der Waals surface area contributed by atoms with Crippen LogP contribution in [0.4, 0.5) is 11.4 Å². The van der Waals surface area contributed by atoms with E-state index in [1.165, 1.54) is 12.1 Å². The Morgan fingerprint density at radius 2 is 1.90 bits per heavy atom. The van der Waals surface area contributed by atoms with E-state index in [0.717, 1.165) is 30.8 Å². The van der Waals surface area contributed by atoms with E-state index in [0.29, 0.717) is 12.2 Å². The van der Waals surface area contributed by atoms with Crippen molar-refractivity contribution < 1.29 is 17.9 Å². The number of carbonyl (C=O) groups excluding carboxylic acids is 1. The highest BCUT2D eigenvalue weighted by Gasteiger charge is 2.25. The molecule has 2 aromatic carbocycles. The maximum atomic E-state index is 12.3. The normalized spacial score (nSPS) is 16.3. The molecule has 0 radical (unpaired) electrons. The molecule has 3 rings (SSSR count). The van der Waals surface area contributed by atoms with Gasteiger partial charge in [0.2, 0.25) is 5.91 Å². The zero-order chi connectivity index (χ0) is 21.0. The third-order valence-electron chi connectivity index (χ3n) is 4.80. The number of para-hydroxylation sites is 2. The molecule has 0 aliphatic carbocycles. The lowest BCUT2D eigenvalue weighted by atomic mass is 10.2. The minimum atomic E-state index is -3.25. The number of benzene rings is 2. The number of hydrogen-bond donors (Lipinski definition) is 1. The molecule has 2 aromatic rings. The van der Waals surface area contributed by atoms with Gasteiger partial charge >= 0.3 is 0 Å². The van der Waals surface area contributed by atoms with E-state index < -0.39 is 9.84 Å². The molecule has 29 heavy (non-hydrogen) atoms. The van der Waals surface area contributed by atoms with Gasteiger partial charge < -0.3 is 15.0 Å². The summed E-state index contributed by atoms with van der Waals surface area (Å²) in [5, 5.41) is 2.80. The van der Waals surface area contributed by atoms with E-state index in [9.17, 15) is 13.2 Å². The largest absolute Gasteiger partial charge is 0.485 e. The number of anilines is 2. The SMILES string of the molecule is CCN1C[C@H](CN(C)CC(=O)Nc2ccc(S(C)(=O)=O)cc2)Oc2ccccc21. The topological polar surface area (TPSA) is 79.0 Å². The third-order valence-corrected chi connectivity index (χ3v) is 5.93. The summed E-state index contributed by atoms with van der Waals surface area (Å²) in [5.74, 6) is 0.706. The van der Waals surface area contributed by atoms with Gasteiger partial charge in [-0.2, -0.15) is 0 Å². The van der Waals surface area contributed by atoms with Crippen LogP contribution in [0.3, 0.4) is 0 Å². The van der Waals surface area contributed by atoms with Crippen LogP contribution >= 0.6 is 0 Å². The van der Waals surface area contributed by atoms with Crippen LogP contribution in [0.15, 0.2) is 53.4 Å². The fraction of sp³-hybridized carbons (Fsp3) is 0.381. The van der Waals surface area contributed by atoms with Gasteiger partial charge in [0.1, 0.15) is 11.9 Å². The highest BCUT2D eigenvalue weighted by molar-refractivity contribution is 7.90. The van der Waals surface area contributed by atoms with Crippen LogP contribution in [0.1, 0.15) is 6.92 Å². The first kappa shape index (κ1) is 21.1. The molecule has 0 unspecified atom stereocenters. The number of hydrogen-bond acceptors (Lipinski definition) is 6. The van der Waals surface area contributed by atoms with Crippen LogP contribution < -0.4 is 15.0 Å². The second-order valence-corrected chi connectivity index (χ2v) is 9.30. The molecule has 0 aromatic heterocycles. The van der Waals surface area contributed by atoms with Gasteiger partial charge in [0.25, 0.3) is 0 Å². The lowest BCUT2D eigenvalue weighted by molar-refractivity contribution is -0.117. The van der Waals surface area contributed by atoms with Crippen molar-refractivity contribution in [2.75, 3.05) is 49.7 Å². The van der Waals surface area contributed by atoms with Crippen LogP contribution in [-0.2, 0) is 14.6 Å². The van der Waals surface area contributed by atoms with E-state index in [-0.39, 0.29) is 23.5 Å². The van der Waals surface area contributed by atoms with Gasteiger partial charge in [0.15, 0.2) is 9.84 Å². The number of sulfone groups is 1. The number of carbonyl (C=O) groups is 1. The molecular weight excluding hydrogens is 390 g/mol. The summed E-state index contributed by atoms with van der Waals surface area (Å²) in [6.45, 7) is 4.61. The van der Waals surface area contributed by atoms with Crippen LogP contribution in [-0.4, -0.2) is 64.8 Å². The summed E-state index contributed by atoms with van der Waals surface area (Å²) < 4.78 is 29.1. The third kappa shape index (κ3) is 5.48. The summed E-state index contributed by atoms with van der Waals surface area (Å²) in [7, 11) is -1.37. The maximum absolute atomic E-state index is 12.3. The fourth-order valence-electron chi connectivity index (χ4n) is 3.42. The van der Waals surface area contributed by atoms with Crippen LogP contribution in [0.5, 0.6) is 5.75 Å². The van der Waals surface area contributed by atoms with Gasteiger partial charge in [0.05, 0.1) is 23.7 Å². The number of ether oxygens (including phenoxy) is 1. The first-order valence-corrected chi connectivity index (χ1v) is 11.4. The molecule has 0 spiro atoms. The summed E-state index contributed by atoms with van der Waals surface area (Å²) in [5.41, 5.74) is 1.67. The van der Waals surface area contributed by atoms with E-state index in [2.05, 4.69) is 23.2 Å². The Morgan fingerprint density at radius 1 is 1.21 bits per heavy atom. The van der Waals surface area contributed by atoms with E-state index in [1.54, 1.807) is 12.1 Å². The first-order chi connectivity index (χ1) is 13.8. The van der Waals surface area contributed by atoms with Crippen molar-refractivity contribution in [2.45, 2.75) is 17.9 Å². The van der Waals surface area contributed by atoms with Gasteiger partial charge in [-0.25, -0.2) is 8.42 Å². The van der Waals surface area contributed by atoms with Crippen molar-refractivity contribution in [3.63, 3.8) is 0 Å². The molecule has 1 heterocycles. The quantitative estimate of drug-likeness (QED) is 0.744. The molecule has 0 fully saturated rings. The molecule has 0 saturated heterocycles. The molecule has 1 N–H and O–H groups in total. The van der Waals surface area contributed by atoms with Gasteiger partial charge in [0, 0.05) is 25.0 Å². The molecule has 1 aliphatic heterocycles. The Hall–Kier alpha value is -2.58. The molecular formula is C21H27N3O4S. The summed E-state index contributed by atoms with van der Waals surface area (Å²) in [4.78, 5) is 16.8. The number of nitrogens with one attached hydrogen (secondary N) is 1. The average molecular weight is 418 g/mol. The standard InChI is InChI=1S/C21H27N3O4S/c1-4-24-14-17(28-20-8-6-5-7-19(20)24)13-23(2)15-21(25)22-16-9-11-18(12-10-16)29(3,26)27/h5-12,17H,4,13-15H2,1-3H3,(H,22,25)/t17-/m0/s1. The molecule has 7 nitrogen and oxygen atoms in total. The number of amides is 1. The minimum Gasteiger partial charge on any atom is -0.485 e. The molecule has 1 aliphatic rings. The van der Waals surface area contributed by atoms with Crippen molar-refractivity contribution in [2.24, 2.45) is 0 Å². The van der Waals surface area contributed by atoms with Gasteiger partial charge in [-0.05, 0) is 50.4 Å². The summed E-state index contributed by atoms with van der Waals surface area (Å²) >= 11 is 0. The summed E-state index contributed by atoms with van der Waals surface area (Å²) in [6.07, 6.45) is 1.12. The van der Waals surface area contributed by atoms with Gasteiger partial charge in [-0.1, -0.05) is 12.1 Å². The van der Waals surface area contributed by atoms with Gasteiger partial charge in [-0.3, -0.25) is 9.69 Å². The highest BCUT2D eigenvalue weighted by atomic mass is 32.2. The highest BCUT2D eigenvalue weighted by Crippen LogP contribution is 2.32. The van der Waals surface area contributed by atoms with Crippen molar-refractivity contribution in [3.05, 3.63) is 48.5 Å². The second-order valence-electron chi connectivity index (χ2n) is 7.29. The molecule has 8 heteroatoms. The average Bonchev–Trinajstić information content (AvgIpc) is 2.66. The lowest BCUT2D eigenvalue weighted by Crippen LogP contribution is -2.46. The Balaban J connectivity index is 1.54. The molecule has 1 atom stereocenters. The molecule has 0 saturated carbocycles. The Bertz CT molecular complexity index is 960. The fourth-order valence-corrected chi connectivity index (χ4v) is 4.05. The first-order valence-electron chi connectivity index (χ1n) is 9.55. The lowest BCUT2D eigenvalue weighted by Gasteiger charge is -2.37. The number of rotatable bonds is 7. The maximum Gasteiger partial charge on any atom is 0.238 e. The smallest absolute Gasteiger partial charge is 0.238 e. The Labute approximate surface area is 172 Å². The Kier molecular flexibility index (Phi) is 6.44. The predicted molar refractivity (Wildman–Crippen MR) is 114 cm³/mol. The van der Waals surface area contributed by atoms with Crippen molar-refractivity contribution >= 4 is 27.1 Å². The monoisotopic (exact) mass is 417 g/mol. The van der Waals surface area contributed by atoms with E-state index >= 15 is 0 Å². The zero-order valence-corrected chi connectivity index (χ0v) is 17.8. The second kappa shape index (κ2) is 8.84. The number of likely N-dealkylation sites (N-methyl/N-ethyl adjacent to an activating group) is 2.